The van der Waals surface area contributed by atoms with E-state index in [4.69, 9.17) is 0 Å². The van der Waals surface area contributed by atoms with Gasteiger partial charge in [0.05, 0.1) is 5.75 Å². The van der Waals surface area contributed by atoms with Crippen molar-refractivity contribution in [2.24, 2.45) is 0 Å². The van der Waals surface area contributed by atoms with E-state index >= 15 is 0 Å². The molecule has 0 aliphatic rings. The van der Waals surface area contributed by atoms with Gasteiger partial charge in [-0.2, -0.15) is 0 Å². The highest BCUT2D eigenvalue weighted by Crippen LogP contribution is 2.26. The van der Waals surface area contributed by atoms with Crippen molar-refractivity contribution in [2.75, 3.05) is 21.7 Å². The van der Waals surface area contributed by atoms with Gasteiger partial charge in [-0.25, -0.2) is 4.79 Å². The van der Waals surface area contributed by atoms with Crippen LogP contribution in [0.4, 0.5) is 21.3 Å². The molecule has 0 atom stereocenters. The van der Waals surface area contributed by atoms with Crippen LogP contribution in [0.25, 0.3) is 0 Å². The van der Waals surface area contributed by atoms with Crippen LogP contribution in [0, 0.1) is 6.92 Å². The van der Waals surface area contributed by atoms with Crippen LogP contribution in [0.15, 0.2) is 58.9 Å². The Balaban J connectivity index is 1.47. The lowest BCUT2D eigenvalue weighted by molar-refractivity contribution is -0.113. The van der Waals surface area contributed by atoms with Gasteiger partial charge >= 0.3 is 6.03 Å². The molecule has 0 unspecified atom stereocenters. The number of hydrogen-bond donors (Lipinski definition) is 3. The van der Waals surface area contributed by atoms with Crippen LogP contribution >= 0.6 is 23.1 Å². The molecule has 0 aliphatic heterocycles. The first-order valence-electron chi connectivity index (χ1n) is 8.05. The average molecular weight is 400 g/mol. The van der Waals surface area contributed by atoms with Gasteiger partial charge in [0.2, 0.25) is 11.0 Å². The lowest BCUT2D eigenvalue weighted by Crippen LogP contribution is -2.19. The fourth-order valence-electron chi connectivity index (χ4n) is 2.13. The SMILES string of the molecule is Cc1ccccc1NC(=O)CSc1nnc(NC(=O)Nc2ccccc2)s1. The van der Waals surface area contributed by atoms with Gasteiger partial charge < -0.3 is 10.6 Å². The Morgan fingerprint density at radius 1 is 0.963 bits per heavy atom. The predicted molar refractivity (Wildman–Crippen MR) is 110 cm³/mol. The first kappa shape index (κ1) is 18.9. The van der Waals surface area contributed by atoms with Crippen molar-refractivity contribution < 1.29 is 9.59 Å². The second-order valence-electron chi connectivity index (χ2n) is 5.47. The summed E-state index contributed by atoms with van der Waals surface area (Å²) in [5, 5.41) is 16.5. The standard InChI is InChI=1S/C18H17N5O2S2/c1-12-7-5-6-10-14(12)20-15(24)11-26-18-23-22-17(27-18)21-16(25)19-13-8-3-2-4-9-13/h2-10H,11H2,1H3,(H,20,24)(H2,19,21,22,25). The molecule has 0 saturated carbocycles. The minimum atomic E-state index is -0.397. The Labute approximate surface area is 164 Å². The summed E-state index contributed by atoms with van der Waals surface area (Å²) >= 11 is 2.48. The minimum Gasteiger partial charge on any atom is -0.325 e. The molecule has 1 aromatic heterocycles. The molecule has 7 nitrogen and oxygen atoms in total. The van der Waals surface area contributed by atoms with E-state index in [1.54, 1.807) is 12.1 Å². The van der Waals surface area contributed by atoms with Crippen molar-refractivity contribution in [3.05, 3.63) is 60.2 Å². The van der Waals surface area contributed by atoms with Gasteiger partial charge in [0.15, 0.2) is 4.34 Å². The number of carbonyl (C=O) groups is 2. The van der Waals surface area contributed by atoms with Crippen molar-refractivity contribution in [1.82, 2.24) is 10.2 Å². The van der Waals surface area contributed by atoms with E-state index in [0.29, 0.717) is 15.2 Å². The molecule has 3 aromatic rings. The van der Waals surface area contributed by atoms with E-state index < -0.39 is 6.03 Å². The third-order valence-electron chi connectivity index (χ3n) is 3.40. The van der Waals surface area contributed by atoms with E-state index in [9.17, 15) is 9.59 Å². The Kier molecular flexibility index (Phi) is 6.39. The zero-order chi connectivity index (χ0) is 19.1. The zero-order valence-corrected chi connectivity index (χ0v) is 16.1. The lowest BCUT2D eigenvalue weighted by Gasteiger charge is -2.06. The zero-order valence-electron chi connectivity index (χ0n) is 14.4. The molecule has 0 bridgehead atoms. The third-order valence-corrected chi connectivity index (χ3v) is 5.38. The van der Waals surface area contributed by atoms with E-state index in [1.807, 2.05) is 49.4 Å². The van der Waals surface area contributed by atoms with Crippen LogP contribution in [0.3, 0.4) is 0 Å². The molecule has 0 saturated heterocycles. The molecular weight excluding hydrogens is 382 g/mol. The fourth-order valence-corrected chi connectivity index (χ4v) is 3.67. The fraction of sp³-hybridized carbons (Fsp3) is 0.111. The van der Waals surface area contributed by atoms with Crippen LogP contribution < -0.4 is 16.0 Å². The second-order valence-corrected chi connectivity index (χ2v) is 7.67. The number of nitrogens with one attached hydrogen (secondary N) is 3. The summed E-state index contributed by atoms with van der Waals surface area (Å²) in [5.74, 6) is 0.0833. The molecule has 1 heterocycles. The monoisotopic (exact) mass is 399 g/mol. The van der Waals surface area contributed by atoms with Crippen LogP contribution in [-0.2, 0) is 4.79 Å². The predicted octanol–water partition coefficient (Wildman–Crippen LogP) is 4.22. The summed E-state index contributed by atoms with van der Waals surface area (Å²) in [6.07, 6.45) is 0. The van der Waals surface area contributed by atoms with Crippen LogP contribution in [0.2, 0.25) is 0 Å². The summed E-state index contributed by atoms with van der Waals surface area (Å²) in [5.41, 5.74) is 2.48. The van der Waals surface area contributed by atoms with Gasteiger partial charge in [-0.1, -0.05) is 59.5 Å². The van der Waals surface area contributed by atoms with Gasteiger partial charge in [-0.3, -0.25) is 10.1 Å². The molecule has 2 aromatic carbocycles. The Morgan fingerprint density at radius 3 is 2.48 bits per heavy atom. The molecule has 3 N–H and O–H groups in total. The van der Waals surface area contributed by atoms with Gasteiger partial charge in [-0.15, -0.1) is 10.2 Å². The number of carbonyl (C=O) groups excluding carboxylic acids is 2. The highest BCUT2D eigenvalue weighted by molar-refractivity contribution is 8.01. The normalized spacial score (nSPS) is 10.3. The molecule has 0 aliphatic carbocycles. The number of amides is 3. The smallest absolute Gasteiger partial charge is 0.325 e. The van der Waals surface area contributed by atoms with E-state index in [-0.39, 0.29) is 11.7 Å². The minimum absolute atomic E-state index is 0.124. The highest BCUT2D eigenvalue weighted by Gasteiger charge is 2.11. The Hall–Kier alpha value is -2.91. The molecule has 0 fully saturated rings. The van der Waals surface area contributed by atoms with Crippen molar-refractivity contribution in [1.29, 1.82) is 0 Å². The molecule has 27 heavy (non-hydrogen) atoms. The van der Waals surface area contributed by atoms with Crippen molar-refractivity contribution in [2.45, 2.75) is 11.3 Å². The first-order chi connectivity index (χ1) is 13.1. The average Bonchev–Trinajstić information content (AvgIpc) is 3.10. The topological polar surface area (TPSA) is 96.0 Å². The number of thioether (sulfide) groups is 1. The maximum Gasteiger partial charge on any atom is 0.325 e. The third kappa shape index (κ3) is 5.80. The number of anilines is 3. The van der Waals surface area contributed by atoms with Gasteiger partial charge in [0.1, 0.15) is 0 Å². The van der Waals surface area contributed by atoms with Crippen LogP contribution in [0.1, 0.15) is 5.56 Å². The lowest BCUT2D eigenvalue weighted by atomic mass is 10.2. The van der Waals surface area contributed by atoms with Gasteiger partial charge in [0.25, 0.3) is 0 Å². The summed E-state index contributed by atoms with van der Waals surface area (Å²) in [6, 6.07) is 16.3. The second kappa shape index (κ2) is 9.15. The Morgan fingerprint density at radius 2 is 1.70 bits per heavy atom. The highest BCUT2D eigenvalue weighted by atomic mass is 32.2. The van der Waals surface area contributed by atoms with Crippen LogP contribution in [0.5, 0.6) is 0 Å². The van der Waals surface area contributed by atoms with E-state index in [0.717, 1.165) is 11.3 Å². The maximum atomic E-state index is 12.1. The van der Waals surface area contributed by atoms with Gasteiger partial charge in [0, 0.05) is 11.4 Å². The largest absolute Gasteiger partial charge is 0.325 e. The van der Waals surface area contributed by atoms with Crippen LogP contribution in [-0.4, -0.2) is 27.9 Å². The number of benzene rings is 2. The number of para-hydroxylation sites is 2. The molecule has 0 spiro atoms. The maximum absolute atomic E-state index is 12.1. The number of aryl methyl sites for hydroxylation is 1. The van der Waals surface area contributed by atoms with E-state index in [1.165, 1.54) is 23.1 Å². The molecule has 3 rings (SSSR count). The van der Waals surface area contributed by atoms with Crippen molar-refractivity contribution in [3.8, 4) is 0 Å². The molecular formula is C18H17N5O2S2. The number of rotatable bonds is 6. The summed E-state index contributed by atoms with van der Waals surface area (Å²) < 4.78 is 0.602. The molecule has 138 valence electrons. The quantitative estimate of drug-likeness (QED) is 0.426. The van der Waals surface area contributed by atoms with E-state index in [2.05, 4.69) is 26.1 Å². The molecule has 3 amide bonds. The summed E-state index contributed by atoms with van der Waals surface area (Å²) in [7, 11) is 0. The molecule has 9 heteroatoms. The number of hydrogen-bond acceptors (Lipinski definition) is 6. The van der Waals surface area contributed by atoms with Gasteiger partial charge in [-0.05, 0) is 30.7 Å². The van der Waals surface area contributed by atoms with Crippen molar-refractivity contribution >= 4 is 51.5 Å². The molecule has 0 radical (unpaired) electrons. The summed E-state index contributed by atoms with van der Waals surface area (Å²) in [6.45, 7) is 1.94. The number of nitrogens with zero attached hydrogens (tertiary/aromatic N) is 2. The first-order valence-corrected chi connectivity index (χ1v) is 9.85. The number of aromatic nitrogens is 2. The number of urea groups is 1. The van der Waals surface area contributed by atoms with Crippen molar-refractivity contribution in [3.63, 3.8) is 0 Å². The summed E-state index contributed by atoms with van der Waals surface area (Å²) in [4.78, 5) is 24.0. The Bertz CT molecular complexity index is 930.